The molecule has 1 heterocycles. The summed E-state index contributed by atoms with van der Waals surface area (Å²) in [4.78, 5) is 29.3. The average Bonchev–Trinajstić information content (AvgIpc) is 2.65. The minimum Gasteiger partial charge on any atom is -0.325 e. The Morgan fingerprint density at radius 1 is 1.15 bits per heavy atom. The number of fused-ring (bicyclic) bond motifs is 1. The van der Waals surface area contributed by atoms with E-state index in [0.29, 0.717) is 16.6 Å². The molecule has 0 unspecified atom stereocenters. The Hall–Kier alpha value is -3.00. The maximum absolute atomic E-state index is 12.5. The Bertz CT molecular complexity index is 1170. The molecule has 0 saturated carbocycles. The van der Waals surface area contributed by atoms with Gasteiger partial charge in [0.2, 0.25) is 5.91 Å². The van der Waals surface area contributed by atoms with Crippen molar-refractivity contribution in [1.29, 1.82) is 0 Å². The van der Waals surface area contributed by atoms with Crippen molar-refractivity contribution in [3.63, 3.8) is 0 Å². The molecular formula is C19H19N3O4S. The summed E-state index contributed by atoms with van der Waals surface area (Å²) in [5, 5.41) is 3.11. The highest BCUT2D eigenvalue weighted by molar-refractivity contribution is 7.91. The van der Waals surface area contributed by atoms with E-state index in [-0.39, 0.29) is 22.8 Å². The lowest BCUT2D eigenvalue weighted by Gasteiger charge is -2.09. The number of para-hydroxylation sites is 1. The number of rotatable bonds is 5. The summed E-state index contributed by atoms with van der Waals surface area (Å²) in [7, 11) is -3.29. The second-order valence-corrected chi connectivity index (χ2v) is 8.40. The maximum Gasteiger partial charge on any atom is 0.261 e. The molecule has 2 aromatic carbocycles. The number of carbonyl (C=O) groups excluding carboxylic acids is 1. The molecule has 0 aliphatic carbocycles. The van der Waals surface area contributed by atoms with E-state index in [4.69, 9.17) is 0 Å². The SMILES string of the molecule is CCS(=O)(=O)c1ccc(NC(=O)Cn2cnc3c(C)cccc3c2=O)cc1. The van der Waals surface area contributed by atoms with Gasteiger partial charge in [-0.05, 0) is 42.8 Å². The highest BCUT2D eigenvalue weighted by atomic mass is 32.2. The Kier molecular flexibility index (Phi) is 5.09. The zero-order valence-corrected chi connectivity index (χ0v) is 15.8. The van der Waals surface area contributed by atoms with Gasteiger partial charge >= 0.3 is 0 Å². The summed E-state index contributed by atoms with van der Waals surface area (Å²) >= 11 is 0. The van der Waals surface area contributed by atoms with Gasteiger partial charge in [0.15, 0.2) is 9.84 Å². The van der Waals surface area contributed by atoms with E-state index in [1.807, 2.05) is 13.0 Å². The van der Waals surface area contributed by atoms with Gasteiger partial charge in [0, 0.05) is 5.69 Å². The van der Waals surface area contributed by atoms with Gasteiger partial charge in [-0.15, -0.1) is 0 Å². The maximum atomic E-state index is 12.5. The Labute approximate surface area is 156 Å². The van der Waals surface area contributed by atoms with Gasteiger partial charge in [-0.25, -0.2) is 13.4 Å². The van der Waals surface area contributed by atoms with E-state index in [0.717, 1.165) is 5.56 Å². The zero-order valence-electron chi connectivity index (χ0n) is 15.0. The monoisotopic (exact) mass is 385 g/mol. The van der Waals surface area contributed by atoms with E-state index in [1.54, 1.807) is 19.1 Å². The predicted molar refractivity (Wildman–Crippen MR) is 104 cm³/mol. The minimum atomic E-state index is -3.29. The number of amides is 1. The third-order valence-electron chi connectivity index (χ3n) is 4.25. The molecule has 0 aliphatic rings. The lowest BCUT2D eigenvalue weighted by Crippen LogP contribution is -2.28. The molecule has 7 nitrogen and oxygen atoms in total. The van der Waals surface area contributed by atoms with E-state index in [9.17, 15) is 18.0 Å². The van der Waals surface area contributed by atoms with Gasteiger partial charge in [0.1, 0.15) is 6.54 Å². The second-order valence-electron chi connectivity index (χ2n) is 6.12. The fourth-order valence-corrected chi connectivity index (χ4v) is 3.60. The van der Waals surface area contributed by atoms with Crippen LogP contribution in [0.2, 0.25) is 0 Å². The molecule has 1 N–H and O–H groups in total. The third-order valence-corrected chi connectivity index (χ3v) is 6.00. The van der Waals surface area contributed by atoms with Gasteiger partial charge in [-0.2, -0.15) is 0 Å². The first-order valence-corrected chi connectivity index (χ1v) is 10.0. The van der Waals surface area contributed by atoms with Crippen LogP contribution in [0.25, 0.3) is 10.9 Å². The molecule has 27 heavy (non-hydrogen) atoms. The first-order valence-electron chi connectivity index (χ1n) is 8.39. The fraction of sp³-hybridized carbons (Fsp3) is 0.211. The average molecular weight is 385 g/mol. The van der Waals surface area contributed by atoms with Crippen molar-refractivity contribution >= 4 is 32.3 Å². The van der Waals surface area contributed by atoms with Crippen LogP contribution < -0.4 is 10.9 Å². The Morgan fingerprint density at radius 2 is 1.85 bits per heavy atom. The van der Waals surface area contributed by atoms with Crippen molar-refractivity contribution in [1.82, 2.24) is 9.55 Å². The van der Waals surface area contributed by atoms with Crippen LogP contribution in [0.5, 0.6) is 0 Å². The number of aryl methyl sites for hydroxylation is 1. The summed E-state index contributed by atoms with van der Waals surface area (Å²) in [6, 6.07) is 11.3. The van der Waals surface area contributed by atoms with Crippen LogP contribution in [-0.4, -0.2) is 29.6 Å². The van der Waals surface area contributed by atoms with Crippen LogP contribution in [0.4, 0.5) is 5.69 Å². The number of hydrogen-bond donors (Lipinski definition) is 1. The normalized spacial score (nSPS) is 11.5. The molecule has 140 valence electrons. The van der Waals surface area contributed by atoms with Gasteiger partial charge in [-0.1, -0.05) is 19.1 Å². The molecule has 8 heteroatoms. The highest BCUT2D eigenvalue weighted by Crippen LogP contribution is 2.15. The molecule has 1 aromatic heterocycles. The number of sulfone groups is 1. The summed E-state index contributed by atoms with van der Waals surface area (Å²) < 4.78 is 24.9. The molecule has 0 aliphatic heterocycles. The van der Waals surface area contributed by atoms with Crippen LogP contribution in [-0.2, 0) is 21.2 Å². The van der Waals surface area contributed by atoms with E-state index >= 15 is 0 Å². The predicted octanol–water partition coefficient (Wildman–Crippen LogP) is 2.14. The largest absolute Gasteiger partial charge is 0.325 e. The summed E-state index contributed by atoms with van der Waals surface area (Å²) in [5.41, 5.74) is 1.67. The van der Waals surface area contributed by atoms with Crippen molar-refractivity contribution in [2.45, 2.75) is 25.3 Å². The smallest absolute Gasteiger partial charge is 0.261 e. The first-order chi connectivity index (χ1) is 12.8. The number of aromatic nitrogens is 2. The van der Waals surface area contributed by atoms with Crippen molar-refractivity contribution in [3.05, 3.63) is 64.7 Å². The molecule has 3 aromatic rings. The van der Waals surface area contributed by atoms with Crippen LogP contribution in [0.15, 0.2) is 58.5 Å². The first kappa shape index (κ1) is 18.8. The standard InChI is InChI=1S/C19H19N3O4S/c1-3-27(25,26)15-9-7-14(8-10-15)21-17(23)11-22-12-20-18-13(2)5-4-6-16(18)19(22)24/h4-10,12H,3,11H2,1-2H3,(H,21,23). The van der Waals surface area contributed by atoms with Crippen molar-refractivity contribution in [2.24, 2.45) is 0 Å². The number of anilines is 1. The number of hydrogen-bond acceptors (Lipinski definition) is 5. The molecular weight excluding hydrogens is 366 g/mol. The van der Waals surface area contributed by atoms with Gasteiger partial charge in [0.25, 0.3) is 5.56 Å². The van der Waals surface area contributed by atoms with Crippen LogP contribution >= 0.6 is 0 Å². The highest BCUT2D eigenvalue weighted by Gasteiger charge is 2.12. The van der Waals surface area contributed by atoms with E-state index in [2.05, 4.69) is 10.3 Å². The molecule has 0 radical (unpaired) electrons. The van der Waals surface area contributed by atoms with Crippen molar-refractivity contribution < 1.29 is 13.2 Å². The Morgan fingerprint density at radius 3 is 2.52 bits per heavy atom. The van der Waals surface area contributed by atoms with Crippen molar-refractivity contribution in [3.8, 4) is 0 Å². The molecule has 0 bridgehead atoms. The van der Waals surface area contributed by atoms with Crippen molar-refractivity contribution in [2.75, 3.05) is 11.1 Å². The topological polar surface area (TPSA) is 98.1 Å². The molecule has 0 atom stereocenters. The summed E-state index contributed by atoms with van der Waals surface area (Å²) in [5.74, 6) is -0.396. The molecule has 0 spiro atoms. The quantitative estimate of drug-likeness (QED) is 0.726. The second kappa shape index (κ2) is 7.32. The summed E-state index contributed by atoms with van der Waals surface area (Å²) in [6.07, 6.45) is 1.36. The van der Waals surface area contributed by atoms with Gasteiger partial charge in [0.05, 0.1) is 27.9 Å². The fourth-order valence-electron chi connectivity index (χ4n) is 2.72. The lowest BCUT2D eigenvalue weighted by molar-refractivity contribution is -0.116. The van der Waals surface area contributed by atoms with Gasteiger partial charge < -0.3 is 5.32 Å². The number of carbonyl (C=O) groups is 1. The third kappa shape index (κ3) is 3.90. The number of nitrogens with zero attached hydrogens (tertiary/aromatic N) is 2. The van der Waals surface area contributed by atoms with Crippen LogP contribution in [0.3, 0.4) is 0 Å². The zero-order chi connectivity index (χ0) is 19.6. The van der Waals surface area contributed by atoms with Gasteiger partial charge in [-0.3, -0.25) is 14.2 Å². The van der Waals surface area contributed by atoms with E-state index in [1.165, 1.54) is 35.2 Å². The number of benzene rings is 2. The molecule has 0 fully saturated rings. The lowest BCUT2D eigenvalue weighted by atomic mass is 10.1. The number of nitrogens with one attached hydrogen (secondary N) is 1. The van der Waals surface area contributed by atoms with Crippen LogP contribution in [0.1, 0.15) is 12.5 Å². The molecule has 3 rings (SSSR count). The minimum absolute atomic E-state index is 0.00998. The molecule has 0 saturated heterocycles. The van der Waals surface area contributed by atoms with Crippen LogP contribution in [0, 0.1) is 6.92 Å². The van der Waals surface area contributed by atoms with E-state index < -0.39 is 15.7 Å². The summed E-state index contributed by atoms with van der Waals surface area (Å²) in [6.45, 7) is 3.25. The Balaban J connectivity index is 1.78. The molecule has 1 amide bonds.